The van der Waals surface area contributed by atoms with Crippen LogP contribution in [0.15, 0.2) is 22.7 Å². The zero-order valence-corrected chi connectivity index (χ0v) is 13.0. The summed E-state index contributed by atoms with van der Waals surface area (Å²) in [6.07, 6.45) is 1.25. The van der Waals surface area contributed by atoms with E-state index < -0.39 is 0 Å². The van der Waals surface area contributed by atoms with Crippen LogP contribution in [-0.2, 0) is 6.54 Å². The van der Waals surface area contributed by atoms with Gasteiger partial charge in [0, 0.05) is 35.8 Å². The molecule has 18 heavy (non-hydrogen) atoms. The summed E-state index contributed by atoms with van der Waals surface area (Å²) in [6.45, 7) is 3.20. The number of benzene rings is 1. The SMILES string of the molecule is CNCc1cc(Br)ccc1N1CCC(N(C)C)C1. The van der Waals surface area contributed by atoms with Gasteiger partial charge in [0.1, 0.15) is 0 Å². The molecule has 0 saturated carbocycles. The number of nitrogens with zero attached hydrogens (tertiary/aromatic N) is 2. The van der Waals surface area contributed by atoms with E-state index in [2.05, 4.69) is 63.3 Å². The van der Waals surface area contributed by atoms with Crippen molar-refractivity contribution in [1.29, 1.82) is 0 Å². The average molecular weight is 312 g/mol. The van der Waals surface area contributed by atoms with Gasteiger partial charge in [-0.1, -0.05) is 15.9 Å². The first-order chi connectivity index (χ1) is 8.61. The van der Waals surface area contributed by atoms with Crippen LogP contribution in [0.3, 0.4) is 0 Å². The van der Waals surface area contributed by atoms with Crippen LogP contribution in [0, 0.1) is 0 Å². The lowest BCUT2D eigenvalue weighted by molar-refractivity contribution is 0.315. The summed E-state index contributed by atoms with van der Waals surface area (Å²) in [5.41, 5.74) is 2.74. The van der Waals surface area contributed by atoms with Gasteiger partial charge in [-0.15, -0.1) is 0 Å². The van der Waals surface area contributed by atoms with Crippen molar-refractivity contribution in [2.45, 2.75) is 19.0 Å². The molecule has 1 aromatic rings. The molecule has 0 amide bonds. The van der Waals surface area contributed by atoms with Crippen LogP contribution in [0.1, 0.15) is 12.0 Å². The van der Waals surface area contributed by atoms with E-state index in [1.165, 1.54) is 17.7 Å². The fraction of sp³-hybridized carbons (Fsp3) is 0.571. The highest BCUT2D eigenvalue weighted by Gasteiger charge is 2.25. The lowest BCUT2D eigenvalue weighted by Gasteiger charge is -2.24. The fourth-order valence-electron chi connectivity index (χ4n) is 2.58. The molecule has 0 aromatic heterocycles. The van der Waals surface area contributed by atoms with Crippen LogP contribution in [0.5, 0.6) is 0 Å². The molecule has 1 aliphatic heterocycles. The summed E-state index contributed by atoms with van der Waals surface area (Å²) in [4.78, 5) is 4.83. The Bertz CT molecular complexity index is 406. The Morgan fingerprint density at radius 2 is 2.22 bits per heavy atom. The largest absolute Gasteiger partial charge is 0.370 e. The van der Waals surface area contributed by atoms with Gasteiger partial charge in [-0.2, -0.15) is 0 Å². The zero-order chi connectivity index (χ0) is 13.1. The maximum atomic E-state index is 3.56. The second-order valence-corrected chi connectivity index (χ2v) is 6.07. The summed E-state index contributed by atoms with van der Waals surface area (Å²) in [7, 11) is 6.34. The number of nitrogens with one attached hydrogen (secondary N) is 1. The minimum Gasteiger partial charge on any atom is -0.370 e. The van der Waals surface area contributed by atoms with Crippen LogP contribution >= 0.6 is 15.9 Å². The Balaban J connectivity index is 2.18. The number of anilines is 1. The summed E-state index contributed by atoms with van der Waals surface area (Å²) in [6, 6.07) is 7.26. The Labute approximate surface area is 118 Å². The summed E-state index contributed by atoms with van der Waals surface area (Å²) in [5, 5.41) is 3.25. The van der Waals surface area contributed by atoms with E-state index in [1.807, 2.05) is 7.05 Å². The van der Waals surface area contributed by atoms with Gasteiger partial charge in [-0.05, 0) is 51.3 Å². The number of rotatable bonds is 4. The van der Waals surface area contributed by atoms with Gasteiger partial charge < -0.3 is 15.1 Å². The lowest BCUT2D eigenvalue weighted by atomic mass is 10.1. The zero-order valence-electron chi connectivity index (χ0n) is 11.4. The van der Waals surface area contributed by atoms with Gasteiger partial charge in [-0.3, -0.25) is 0 Å². The van der Waals surface area contributed by atoms with Gasteiger partial charge in [0.05, 0.1) is 0 Å². The molecular weight excluding hydrogens is 290 g/mol. The molecule has 4 heteroatoms. The smallest absolute Gasteiger partial charge is 0.0413 e. The molecule has 0 aliphatic carbocycles. The van der Waals surface area contributed by atoms with E-state index >= 15 is 0 Å². The van der Waals surface area contributed by atoms with Crippen LogP contribution in [0.25, 0.3) is 0 Å². The summed E-state index contributed by atoms with van der Waals surface area (Å²) in [5.74, 6) is 0. The number of likely N-dealkylation sites (N-methyl/N-ethyl adjacent to an activating group) is 1. The van der Waals surface area contributed by atoms with Crippen molar-refractivity contribution in [2.24, 2.45) is 0 Å². The van der Waals surface area contributed by atoms with E-state index in [0.29, 0.717) is 6.04 Å². The third-order valence-electron chi connectivity index (χ3n) is 3.64. The van der Waals surface area contributed by atoms with E-state index in [0.717, 1.165) is 24.1 Å². The highest BCUT2D eigenvalue weighted by atomic mass is 79.9. The molecular formula is C14H22BrN3. The van der Waals surface area contributed by atoms with Crippen LogP contribution in [0.4, 0.5) is 5.69 Å². The molecule has 1 unspecified atom stereocenters. The van der Waals surface area contributed by atoms with Crippen molar-refractivity contribution < 1.29 is 0 Å². The van der Waals surface area contributed by atoms with Crippen LogP contribution < -0.4 is 10.2 Å². The number of hydrogen-bond donors (Lipinski definition) is 1. The normalized spacial score (nSPS) is 19.8. The van der Waals surface area contributed by atoms with Crippen molar-refractivity contribution in [3.8, 4) is 0 Å². The topological polar surface area (TPSA) is 18.5 Å². The molecule has 0 bridgehead atoms. The molecule has 0 spiro atoms. The number of halogens is 1. The van der Waals surface area contributed by atoms with Gasteiger partial charge in [-0.25, -0.2) is 0 Å². The van der Waals surface area contributed by atoms with Crippen molar-refractivity contribution >= 4 is 21.6 Å². The first kappa shape index (κ1) is 13.8. The Kier molecular flexibility index (Phi) is 4.65. The van der Waals surface area contributed by atoms with E-state index in [1.54, 1.807) is 0 Å². The third-order valence-corrected chi connectivity index (χ3v) is 4.14. The van der Waals surface area contributed by atoms with Crippen LogP contribution in [0.2, 0.25) is 0 Å². The van der Waals surface area contributed by atoms with Crippen molar-refractivity contribution in [2.75, 3.05) is 39.1 Å². The molecule has 1 aromatic carbocycles. The van der Waals surface area contributed by atoms with Crippen molar-refractivity contribution in [3.63, 3.8) is 0 Å². The van der Waals surface area contributed by atoms with Crippen molar-refractivity contribution in [3.05, 3.63) is 28.2 Å². The molecule has 1 atom stereocenters. The fourth-order valence-corrected chi connectivity index (χ4v) is 2.99. The minimum absolute atomic E-state index is 0.677. The molecule has 100 valence electrons. The monoisotopic (exact) mass is 311 g/mol. The van der Waals surface area contributed by atoms with Gasteiger partial charge in [0.2, 0.25) is 0 Å². The van der Waals surface area contributed by atoms with E-state index in [4.69, 9.17) is 0 Å². The predicted octanol–water partition coefficient (Wildman–Crippen LogP) is 2.31. The van der Waals surface area contributed by atoms with Crippen LogP contribution in [-0.4, -0.2) is 45.2 Å². The quantitative estimate of drug-likeness (QED) is 0.920. The standard InChI is InChI=1S/C14H22BrN3/c1-16-9-11-8-12(15)4-5-14(11)18-7-6-13(10-18)17(2)3/h4-5,8,13,16H,6-7,9-10H2,1-3H3. The maximum Gasteiger partial charge on any atom is 0.0413 e. The molecule has 1 heterocycles. The lowest BCUT2D eigenvalue weighted by Crippen LogP contribution is -2.31. The van der Waals surface area contributed by atoms with Gasteiger partial charge in [0.25, 0.3) is 0 Å². The first-order valence-corrected chi connectivity index (χ1v) is 7.25. The third kappa shape index (κ3) is 3.05. The Morgan fingerprint density at radius 1 is 1.44 bits per heavy atom. The highest BCUT2D eigenvalue weighted by Crippen LogP contribution is 2.28. The first-order valence-electron chi connectivity index (χ1n) is 6.46. The summed E-state index contributed by atoms with van der Waals surface area (Å²) < 4.78 is 1.15. The second kappa shape index (κ2) is 6.04. The minimum atomic E-state index is 0.677. The molecule has 1 aliphatic rings. The Morgan fingerprint density at radius 3 is 2.83 bits per heavy atom. The van der Waals surface area contributed by atoms with E-state index in [-0.39, 0.29) is 0 Å². The molecule has 1 N–H and O–H groups in total. The highest BCUT2D eigenvalue weighted by molar-refractivity contribution is 9.10. The molecule has 1 fully saturated rings. The second-order valence-electron chi connectivity index (χ2n) is 5.16. The predicted molar refractivity (Wildman–Crippen MR) is 81.2 cm³/mol. The maximum absolute atomic E-state index is 3.56. The molecule has 2 rings (SSSR count). The molecule has 3 nitrogen and oxygen atoms in total. The van der Waals surface area contributed by atoms with E-state index in [9.17, 15) is 0 Å². The molecule has 1 saturated heterocycles. The van der Waals surface area contributed by atoms with Crippen molar-refractivity contribution in [1.82, 2.24) is 10.2 Å². The number of hydrogen-bond acceptors (Lipinski definition) is 3. The van der Waals surface area contributed by atoms with Gasteiger partial charge >= 0.3 is 0 Å². The van der Waals surface area contributed by atoms with Gasteiger partial charge in [0.15, 0.2) is 0 Å². The Hall–Kier alpha value is -0.580. The average Bonchev–Trinajstić information content (AvgIpc) is 2.79. The summed E-state index contributed by atoms with van der Waals surface area (Å²) >= 11 is 3.56. The molecule has 0 radical (unpaired) electrons.